The van der Waals surface area contributed by atoms with E-state index in [1.807, 2.05) is 18.2 Å². The largest absolute Gasteiger partial charge is 0.384 e. The minimum absolute atomic E-state index is 0.216. The molecule has 0 spiro atoms. The van der Waals surface area contributed by atoms with Crippen molar-refractivity contribution in [3.63, 3.8) is 0 Å². The van der Waals surface area contributed by atoms with Crippen LogP contribution in [0.5, 0.6) is 0 Å². The molecule has 3 aromatic carbocycles. The maximum Gasteiger partial charge on any atom is 0.124 e. The number of benzene rings is 3. The summed E-state index contributed by atoms with van der Waals surface area (Å²) in [7, 11) is 0. The van der Waals surface area contributed by atoms with Crippen LogP contribution in [0, 0.1) is 0 Å². The third kappa shape index (κ3) is 2.51. The van der Waals surface area contributed by atoms with Crippen LogP contribution in [-0.2, 0) is 12.8 Å². The molecule has 0 amide bonds. The van der Waals surface area contributed by atoms with Gasteiger partial charge in [0.1, 0.15) is 12.1 Å². The number of rotatable bonds is 2. The predicted octanol–water partition coefficient (Wildman–Crippen LogP) is 4.13. The van der Waals surface area contributed by atoms with Gasteiger partial charge in [0.15, 0.2) is 0 Å². The van der Waals surface area contributed by atoms with E-state index in [2.05, 4.69) is 53.0 Å². The molecule has 1 aliphatic heterocycles. The van der Waals surface area contributed by atoms with Crippen LogP contribution in [0.1, 0.15) is 41.1 Å². The van der Waals surface area contributed by atoms with Gasteiger partial charge < -0.3 is 5.11 Å². The summed E-state index contributed by atoms with van der Waals surface area (Å²) in [5.74, 6) is 0. The molecule has 2 atom stereocenters. The average Bonchev–Trinajstić information content (AvgIpc) is 3.08. The first-order chi connectivity index (χ1) is 12.8. The maximum absolute atomic E-state index is 11.0. The van der Waals surface area contributed by atoms with E-state index in [-0.39, 0.29) is 6.04 Å². The Balaban J connectivity index is 1.49. The summed E-state index contributed by atoms with van der Waals surface area (Å²) in [6.07, 6.45) is 4.18. The lowest BCUT2D eigenvalue weighted by molar-refractivity contribution is 0.207. The third-order valence-electron chi connectivity index (χ3n) is 5.72. The fourth-order valence-electron chi connectivity index (χ4n) is 4.32. The van der Waals surface area contributed by atoms with E-state index in [4.69, 9.17) is 0 Å². The summed E-state index contributed by atoms with van der Waals surface area (Å²) in [4.78, 5) is 0. The SMILES string of the molecule is OC1C(c2ccc3c(c2)CCCC3)=NNC1c1cccc2ccccc12. The fourth-order valence-corrected chi connectivity index (χ4v) is 4.32. The van der Waals surface area contributed by atoms with Crippen molar-refractivity contribution in [1.82, 2.24) is 5.43 Å². The van der Waals surface area contributed by atoms with Crippen molar-refractivity contribution < 1.29 is 5.11 Å². The second-order valence-corrected chi connectivity index (χ2v) is 7.31. The number of aryl methyl sites for hydroxylation is 2. The van der Waals surface area contributed by atoms with E-state index in [1.54, 1.807) is 0 Å². The summed E-state index contributed by atoms with van der Waals surface area (Å²) >= 11 is 0. The van der Waals surface area contributed by atoms with E-state index < -0.39 is 6.10 Å². The van der Waals surface area contributed by atoms with Gasteiger partial charge in [-0.15, -0.1) is 0 Å². The first-order valence-corrected chi connectivity index (χ1v) is 9.42. The van der Waals surface area contributed by atoms with Gasteiger partial charge in [-0.3, -0.25) is 5.43 Å². The zero-order valence-corrected chi connectivity index (χ0v) is 14.7. The molecule has 2 aliphatic rings. The molecule has 0 aromatic heterocycles. The topological polar surface area (TPSA) is 44.6 Å². The Hall–Kier alpha value is -2.65. The second-order valence-electron chi connectivity index (χ2n) is 7.31. The minimum atomic E-state index is -0.651. The zero-order valence-electron chi connectivity index (χ0n) is 14.7. The highest BCUT2D eigenvalue weighted by Crippen LogP contribution is 2.31. The Kier molecular flexibility index (Phi) is 3.75. The number of nitrogens with zero attached hydrogens (tertiary/aromatic N) is 1. The molecule has 2 N–H and O–H groups in total. The summed E-state index contributed by atoms with van der Waals surface area (Å²) in [5.41, 5.74) is 8.92. The summed E-state index contributed by atoms with van der Waals surface area (Å²) in [5, 5.41) is 17.9. The summed E-state index contributed by atoms with van der Waals surface area (Å²) < 4.78 is 0. The Morgan fingerprint density at radius 3 is 2.62 bits per heavy atom. The lowest BCUT2D eigenvalue weighted by atomic mass is 9.87. The first kappa shape index (κ1) is 15.6. The van der Waals surface area contributed by atoms with E-state index in [1.165, 1.54) is 35.8 Å². The quantitative estimate of drug-likeness (QED) is 0.735. The molecule has 0 bridgehead atoms. The number of hydrogen-bond acceptors (Lipinski definition) is 3. The molecule has 1 aliphatic carbocycles. The van der Waals surface area contributed by atoms with Crippen LogP contribution < -0.4 is 5.43 Å². The molecule has 0 saturated heterocycles. The Morgan fingerprint density at radius 2 is 1.69 bits per heavy atom. The van der Waals surface area contributed by atoms with Gasteiger partial charge in [-0.2, -0.15) is 5.10 Å². The summed E-state index contributed by atoms with van der Waals surface area (Å²) in [6, 6.07) is 20.8. The molecule has 3 aromatic rings. The van der Waals surface area contributed by atoms with Crippen molar-refractivity contribution in [3.8, 4) is 0 Å². The third-order valence-corrected chi connectivity index (χ3v) is 5.72. The lowest BCUT2D eigenvalue weighted by Gasteiger charge is -2.19. The van der Waals surface area contributed by atoms with Crippen LogP contribution >= 0.6 is 0 Å². The molecule has 2 unspecified atom stereocenters. The van der Waals surface area contributed by atoms with E-state index in [9.17, 15) is 5.11 Å². The van der Waals surface area contributed by atoms with Gasteiger partial charge in [-0.1, -0.05) is 54.6 Å². The van der Waals surface area contributed by atoms with Crippen molar-refractivity contribution in [1.29, 1.82) is 0 Å². The number of nitrogens with one attached hydrogen (secondary N) is 1. The van der Waals surface area contributed by atoms with Crippen LogP contribution in [0.2, 0.25) is 0 Å². The zero-order chi connectivity index (χ0) is 17.5. The van der Waals surface area contributed by atoms with E-state index in [0.29, 0.717) is 0 Å². The molecular formula is C23H22N2O. The first-order valence-electron chi connectivity index (χ1n) is 9.42. The monoisotopic (exact) mass is 342 g/mol. The maximum atomic E-state index is 11.0. The molecule has 0 radical (unpaired) electrons. The molecule has 3 nitrogen and oxygen atoms in total. The molecule has 130 valence electrons. The van der Waals surface area contributed by atoms with Crippen molar-refractivity contribution in [2.75, 3.05) is 0 Å². The lowest BCUT2D eigenvalue weighted by Crippen LogP contribution is -2.27. The highest BCUT2D eigenvalue weighted by atomic mass is 16.3. The Bertz CT molecular complexity index is 1000. The molecule has 3 heteroatoms. The number of hydrogen-bond donors (Lipinski definition) is 2. The number of hydrazone groups is 1. The van der Waals surface area contributed by atoms with Crippen LogP contribution in [0.15, 0.2) is 65.8 Å². The van der Waals surface area contributed by atoms with Crippen molar-refractivity contribution in [3.05, 3.63) is 82.9 Å². The number of aliphatic hydroxyl groups excluding tert-OH is 1. The van der Waals surface area contributed by atoms with Crippen LogP contribution in [0.25, 0.3) is 10.8 Å². The standard InChI is InChI=1S/C23H22N2O/c26-23-21(18-13-12-15-6-1-2-8-17(15)14-18)24-25-22(23)20-11-5-9-16-7-3-4-10-19(16)20/h3-5,7,9-14,22-23,25-26H,1-2,6,8H2. The number of fused-ring (bicyclic) bond motifs is 2. The van der Waals surface area contributed by atoms with Crippen molar-refractivity contribution in [2.24, 2.45) is 5.10 Å². The molecule has 0 saturated carbocycles. The fraction of sp³-hybridized carbons (Fsp3) is 0.261. The van der Waals surface area contributed by atoms with E-state index >= 15 is 0 Å². The normalized spacial score (nSPS) is 22.0. The Labute approximate surface area is 153 Å². The molecular weight excluding hydrogens is 320 g/mol. The molecule has 0 fully saturated rings. The van der Waals surface area contributed by atoms with Crippen LogP contribution in [0.4, 0.5) is 0 Å². The van der Waals surface area contributed by atoms with Crippen LogP contribution in [-0.4, -0.2) is 16.9 Å². The smallest absolute Gasteiger partial charge is 0.124 e. The summed E-state index contributed by atoms with van der Waals surface area (Å²) in [6.45, 7) is 0. The molecule has 5 rings (SSSR count). The predicted molar refractivity (Wildman–Crippen MR) is 105 cm³/mol. The highest BCUT2D eigenvalue weighted by Gasteiger charge is 2.33. The number of aliphatic hydroxyl groups is 1. The Morgan fingerprint density at radius 1 is 0.885 bits per heavy atom. The van der Waals surface area contributed by atoms with Gasteiger partial charge in [0.2, 0.25) is 0 Å². The second kappa shape index (κ2) is 6.26. The average molecular weight is 342 g/mol. The highest BCUT2D eigenvalue weighted by molar-refractivity contribution is 6.05. The van der Waals surface area contributed by atoms with Gasteiger partial charge in [-0.05, 0) is 59.2 Å². The van der Waals surface area contributed by atoms with Gasteiger partial charge in [0.05, 0.1) is 5.71 Å². The van der Waals surface area contributed by atoms with Crippen LogP contribution in [0.3, 0.4) is 0 Å². The van der Waals surface area contributed by atoms with Gasteiger partial charge in [0.25, 0.3) is 0 Å². The van der Waals surface area contributed by atoms with Crippen molar-refractivity contribution in [2.45, 2.75) is 37.8 Å². The van der Waals surface area contributed by atoms with Gasteiger partial charge in [-0.25, -0.2) is 0 Å². The molecule has 1 heterocycles. The van der Waals surface area contributed by atoms with E-state index in [0.717, 1.165) is 28.6 Å². The van der Waals surface area contributed by atoms with Crippen molar-refractivity contribution >= 4 is 16.5 Å². The minimum Gasteiger partial charge on any atom is -0.384 e. The van der Waals surface area contributed by atoms with Gasteiger partial charge >= 0.3 is 0 Å². The molecule has 26 heavy (non-hydrogen) atoms. The van der Waals surface area contributed by atoms with Gasteiger partial charge in [0, 0.05) is 5.56 Å².